The van der Waals surface area contributed by atoms with Crippen LogP contribution in [0.1, 0.15) is 45.4 Å². The maximum atomic E-state index is 11.6. The van der Waals surface area contributed by atoms with Crippen molar-refractivity contribution >= 4 is 54.1 Å². The Balaban J connectivity index is 0. The molecule has 0 aromatic carbocycles. The van der Waals surface area contributed by atoms with Crippen molar-refractivity contribution in [2.75, 3.05) is 85.9 Å². The molecule has 0 aliphatic carbocycles. The summed E-state index contributed by atoms with van der Waals surface area (Å²) in [5.74, 6) is -0.474. The SMILES string of the molecule is C=CCCC(=O)OCCC(O)COCC(O)COC(CO)COCC1CO1.C=CCCC(=O)OCCC1CO1.CCO.O=S(=O)([O][Sn][O]S(=O)(=O)C(F)(F)F)C(F)(F)F.OCC1CO1. The van der Waals surface area contributed by atoms with E-state index < -0.39 is 71.5 Å². The van der Waals surface area contributed by atoms with Crippen LogP contribution in [0.15, 0.2) is 25.3 Å². The number of allylic oxidation sites excluding steroid dienone is 2. The first-order chi connectivity index (χ1) is 29.9. The third-order valence-corrected chi connectivity index (χ3v) is 13.4. The largest absolute Gasteiger partial charge is 0.394 e. The summed E-state index contributed by atoms with van der Waals surface area (Å²) in [5.41, 5.74) is -11.7. The zero-order valence-corrected chi connectivity index (χ0v) is 39.3. The zero-order chi connectivity index (χ0) is 49.2. The normalized spacial score (nSPS) is 18.8. The van der Waals surface area contributed by atoms with Crippen LogP contribution in [-0.2, 0) is 72.8 Å². The van der Waals surface area contributed by atoms with Crippen molar-refractivity contribution < 1.29 is 121 Å². The average molecular weight is 1100 g/mol. The molecule has 378 valence electrons. The molecule has 0 saturated carbocycles. The van der Waals surface area contributed by atoms with Crippen LogP contribution in [0.4, 0.5) is 26.3 Å². The van der Waals surface area contributed by atoms with E-state index in [2.05, 4.69) is 22.9 Å². The number of carbonyl (C=O) groups excluding carboxylic acids is 2. The van der Waals surface area contributed by atoms with Crippen LogP contribution in [0, 0.1) is 0 Å². The number of ether oxygens (including phenoxy) is 8. The molecule has 0 spiro atoms. The first kappa shape index (κ1) is 64.3. The van der Waals surface area contributed by atoms with Crippen LogP contribution in [0.2, 0.25) is 0 Å². The molecular formula is C34H58F6O21S2Sn. The number of aliphatic hydroxyl groups is 5. The number of carbonyl (C=O) groups is 2. The molecule has 3 fully saturated rings. The van der Waals surface area contributed by atoms with Gasteiger partial charge in [-0.25, -0.2) is 0 Å². The minimum absolute atomic E-state index is 0.00912. The van der Waals surface area contributed by atoms with Crippen molar-refractivity contribution in [1.29, 1.82) is 0 Å². The second-order valence-corrected chi connectivity index (χ2v) is 19.0. The van der Waals surface area contributed by atoms with E-state index >= 15 is 0 Å². The molecule has 0 aromatic heterocycles. The zero-order valence-electron chi connectivity index (χ0n) is 34.8. The molecule has 0 aromatic rings. The van der Waals surface area contributed by atoms with Gasteiger partial charge in [-0.3, -0.25) is 9.59 Å². The van der Waals surface area contributed by atoms with Crippen LogP contribution in [0.3, 0.4) is 0 Å². The van der Waals surface area contributed by atoms with Gasteiger partial charge in [0.2, 0.25) is 0 Å². The molecule has 3 aliphatic rings. The molecule has 3 rings (SSSR count). The molecule has 6 unspecified atom stereocenters. The van der Waals surface area contributed by atoms with Crippen molar-refractivity contribution in [2.45, 2.75) is 93.1 Å². The number of esters is 2. The van der Waals surface area contributed by atoms with E-state index in [4.69, 9.17) is 43.4 Å². The summed E-state index contributed by atoms with van der Waals surface area (Å²) in [7, 11) is -12.3. The molecule has 3 heterocycles. The van der Waals surface area contributed by atoms with Gasteiger partial charge in [-0.1, -0.05) is 12.2 Å². The molecule has 5 N–H and O–H groups in total. The van der Waals surface area contributed by atoms with Crippen LogP contribution < -0.4 is 0 Å². The Hall–Kier alpha value is -1.82. The Kier molecular flexibility index (Phi) is 36.4. The van der Waals surface area contributed by atoms with Crippen LogP contribution in [0.25, 0.3) is 0 Å². The van der Waals surface area contributed by atoms with Gasteiger partial charge in [-0.05, 0) is 19.8 Å². The topological polar surface area (TPSA) is 306 Å². The van der Waals surface area contributed by atoms with E-state index in [0.29, 0.717) is 45.2 Å². The van der Waals surface area contributed by atoms with E-state index in [1.165, 1.54) is 0 Å². The Morgan fingerprint density at radius 2 is 1.19 bits per heavy atom. The van der Waals surface area contributed by atoms with Gasteiger partial charge in [-0.2, -0.15) is 0 Å². The fraction of sp³-hybridized carbons (Fsp3) is 0.824. The maximum absolute atomic E-state index is 11.6. The number of aliphatic hydroxyl groups excluding tert-OH is 5. The number of halogens is 6. The Bertz CT molecular complexity index is 1420. The number of alkyl halides is 6. The van der Waals surface area contributed by atoms with E-state index in [9.17, 15) is 68.1 Å². The van der Waals surface area contributed by atoms with Gasteiger partial charge >= 0.3 is 113 Å². The van der Waals surface area contributed by atoms with Gasteiger partial charge in [0, 0.05) is 32.3 Å². The summed E-state index contributed by atoms with van der Waals surface area (Å²) in [5, 5.41) is 44.4. The summed E-state index contributed by atoms with van der Waals surface area (Å²) in [6.07, 6.45) is 4.86. The van der Waals surface area contributed by atoms with Crippen LogP contribution in [0.5, 0.6) is 0 Å². The molecule has 21 nitrogen and oxygen atoms in total. The van der Waals surface area contributed by atoms with Gasteiger partial charge < -0.3 is 63.4 Å². The number of hydrogen-bond acceptors (Lipinski definition) is 21. The summed E-state index contributed by atoms with van der Waals surface area (Å²) in [6.45, 7) is 12.5. The van der Waals surface area contributed by atoms with Crippen molar-refractivity contribution in [3.05, 3.63) is 25.3 Å². The Morgan fingerprint density at radius 1 is 0.734 bits per heavy atom. The molecule has 64 heavy (non-hydrogen) atoms. The minimum atomic E-state index is -6.15. The smallest absolute Gasteiger partial charge is 0.104 e. The number of epoxide rings is 3. The quantitative estimate of drug-likeness (QED) is 0.0168. The Morgan fingerprint density at radius 3 is 1.58 bits per heavy atom. The molecule has 3 aliphatic heterocycles. The summed E-state index contributed by atoms with van der Waals surface area (Å²) < 4.78 is 156. The third-order valence-electron chi connectivity index (χ3n) is 6.74. The molecule has 0 amide bonds. The van der Waals surface area contributed by atoms with Crippen molar-refractivity contribution in [3.63, 3.8) is 0 Å². The van der Waals surface area contributed by atoms with Crippen molar-refractivity contribution in [2.24, 2.45) is 0 Å². The first-order valence-electron chi connectivity index (χ1n) is 19.0. The average Bonchev–Trinajstić information content (AvgIpc) is 4.05. The van der Waals surface area contributed by atoms with Gasteiger partial charge in [0.15, 0.2) is 0 Å². The first-order valence-corrected chi connectivity index (χ1v) is 24.2. The minimum Gasteiger partial charge on any atom is -0.394 e. The predicted molar refractivity (Wildman–Crippen MR) is 207 cm³/mol. The van der Waals surface area contributed by atoms with E-state index in [-0.39, 0.29) is 89.8 Å². The molecule has 0 bridgehead atoms. The molecular weight excluding hydrogens is 1040 g/mol. The number of rotatable bonds is 29. The molecule has 3 saturated heterocycles. The summed E-state index contributed by atoms with van der Waals surface area (Å²) >= 11 is -3.86. The Labute approximate surface area is 378 Å². The number of hydrogen-bond donors (Lipinski definition) is 5. The van der Waals surface area contributed by atoms with Crippen molar-refractivity contribution in [3.8, 4) is 0 Å². The molecule has 30 heteroatoms. The summed E-state index contributed by atoms with van der Waals surface area (Å²) in [6, 6.07) is 0. The van der Waals surface area contributed by atoms with Gasteiger partial charge in [0.1, 0.15) is 24.4 Å². The summed E-state index contributed by atoms with van der Waals surface area (Å²) in [4.78, 5) is 22.2. The fourth-order valence-electron chi connectivity index (χ4n) is 3.17. The van der Waals surface area contributed by atoms with E-state index in [0.717, 1.165) is 19.6 Å². The monoisotopic (exact) mass is 1100 g/mol. The second kappa shape index (κ2) is 36.3. The van der Waals surface area contributed by atoms with E-state index in [1.54, 1.807) is 19.1 Å². The van der Waals surface area contributed by atoms with Crippen LogP contribution in [-0.4, -0.2) is 210 Å². The maximum Gasteiger partial charge on any atom is 0.104 e. The second-order valence-electron chi connectivity index (χ2n) is 12.6. The predicted octanol–water partition coefficient (Wildman–Crippen LogP) is 0.331. The van der Waals surface area contributed by atoms with Gasteiger partial charge in [-0.15, -0.1) is 13.2 Å². The molecule has 6 atom stereocenters. The standard InChI is InChI=1S/C18H32O9.C9H14O3.C3H6O2.C2H6O.2CHF3O3S.Sn/c1-2-3-4-18(22)25-6-5-14(20)8-23-9-15(21)10-26-16(7-19)11-24-12-17-13-27-17;1-2-3-4-9(10)11-6-5-8-7-12-8;4-1-3-2-5-3;1-2-3;2*2-1(3,4)8(5,6)7;/h2,14-17,19-21H,1,3-13H2;2,8H,1,3-7H2;3-4H,1-2H2;3H,2H2,1H3;2*(H,5,6,7);/q;;;;;;+2/p-2. The molecule has 2 radical (unpaired) electrons. The van der Waals surface area contributed by atoms with Gasteiger partial charge in [0.25, 0.3) is 0 Å². The van der Waals surface area contributed by atoms with Crippen molar-refractivity contribution in [1.82, 2.24) is 0 Å². The third kappa shape index (κ3) is 38.3. The fourth-order valence-corrected chi connectivity index (χ4v) is 7.52. The van der Waals surface area contributed by atoms with Gasteiger partial charge in [0.05, 0.1) is 91.5 Å². The van der Waals surface area contributed by atoms with E-state index in [1.807, 2.05) is 0 Å². The van der Waals surface area contributed by atoms with Crippen LogP contribution >= 0.6 is 0 Å².